The van der Waals surface area contributed by atoms with Crippen LogP contribution in [0.2, 0.25) is 0 Å². The average Bonchev–Trinajstić information content (AvgIpc) is 3.06. The van der Waals surface area contributed by atoms with Crippen LogP contribution in [0.1, 0.15) is 32.0 Å². The van der Waals surface area contributed by atoms with Crippen LogP contribution in [-0.2, 0) is 16.4 Å². The van der Waals surface area contributed by atoms with Gasteiger partial charge in [0, 0.05) is 17.6 Å². The molecule has 0 bridgehead atoms. The predicted octanol–water partition coefficient (Wildman–Crippen LogP) is 5.30. The normalized spacial score (nSPS) is 12.8. The monoisotopic (exact) mass is 422 g/mol. The Labute approximate surface area is 177 Å². The molecule has 1 N–H and O–H groups in total. The quantitative estimate of drug-likeness (QED) is 0.485. The topological polar surface area (TPSA) is 59.8 Å². The minimum absolute atomic E-state index is 0.324. The van der Waals surface area contributed by atoms with Gasteiger partial charge >= 0.3 is 0 Å². The number of nitrogens with zero attached hydrogens (tertiary/aromatic N) is 3. The van der Waals surface area contributed by atoms with Crippen LogP contribution in [-0.4, -0.2) is 19.0 Å². The van der Waals surface area contributed by atoms with Crippen LogP contribution >= 0.6 is 0 Å². The van der Waals surface area contributed by atoms with Gasteiger partial charge in [-0.3, -0.25) is 9.71 Å². The zero-order valence-corrected chi connectivity index (χ0v) is 18.1. The van der Waals surface area contributed by atoms with Gasteiger partial charge in [0.05, 0.1) is 21.8 Å². The van der Waals surface area contributed by atoms with Crippen molar-refractivity contribution in [3.05, 3.63) is 77.9 Å². The summed E-state index contributed by atoms with van der Waals surface area (Å²) in [6.07, 6.45) is 1.74. The highest BCUT2D eigenvalue weighted by Gasteiger charge is 2.20. The van der Waals surface area contributed by atoms with Gasteiger partial charge in [-0.05, 0) is 54.3 Å². The van der Waals surface area contributed by atoms with Gasteiger partial charge in [-0.1, -0.05) is 32.9 Å². The van der Waals surface area contributed by atoms with Crippen molar-refractivity contribution in [1.29, 1.82) is 0 Å². The smallest absolute Gasteiger partial charge is 0.151 e. The van der Waals surface area contributed by atoms with E-state index in [1.807, 2.05) is 64.1 Å². The second-order valence-electron chi connectivity index (χ2n) is 8.19. The molecule has 4 aromatic rings. The van der Waals surface area contributed by atoms with E-state index in [0.717, 1.165) is 22.3 Å². The van der Waals surface area contributed by atoms with Crippen molar-refractivity contribution < 1.29 is 8.60 Å². The molecule has 1 atom stereocenters. The summed E-state index contributed by atoms with van der Waals surface area (Å²) in [7, 11) is -1.65. The Bertz CT molecular complexity index is 1250. The van der Waals surface area contributed by atoms with Crippen molar-refractivity contribution in [3.63, 3.8) is 0 Å². The molecule has 2 aromatic heterocycles. The molecule has 0 saturated heterocycles. The molecule has 0 radical (unpaired) electrons. The van der Waals surface area contributed by atoms with E-state index in [1.165, 1.54) is 6.07 Å². The van der Waals surface area contributed by atoms with Crippen molar-refractivity contribution in [2.75, 3.05) is 4.72 Å². The number of hydrogen-bond donors (Lipinski definition) is 1. The first-order chi connectivity index (χ1) is 14.2. The van der Waals surface area contributed by atoms with Crippen molar-refractivity contribution in [2.24, 2.45) is 0 Å². The van der Waals surface area contributed by atoms with Crippen LogP contribution in [0.5, 0.6) is 0 Å². The zero-order valence-electron chi connectivity index (χ0n) is 17.3. The number of fused-ring (bicyclic) bond motifs is 1. The minimum Gasteiger partial charge on any atom is -0.285 e. The summed E-state index contributed by atoms with van der Waals surface area (Å²) < 4.78 is 32.2. The average molecular weight is 423 g/mol. The number of aromatic nitrogens is 3. The molecule has 0 spiro atoms. The second-order valence-corrected chi connectivity index (χ2v) is 9.41. The number of anilines is 1. The fraction of sp³-hybridized carbons (Fsp3) is 0.217. The van der Waals surface area contributed by atoms with Crippen LogP contribution < -0.4 is 4.72 Å². The Hall–Kier alpha value is -3.06. The molecule has 2 heterocycles. The lowest BCUT2D eigenvalue weighted by Gasteiger charge is -2.20. The Morgan fingerprint density at radius 1 is 1.07 bits per heavy atom. The molecule has 4 rings (SSSR count). The minimum atomic E-state index is -1.65. The summed E-state index contributed by atoms with van der Waals surface area (Å²) in [4.78, 5) is 4.75. The highest BCUT2D eigenvalue weighted by molar-refractivity contribution is 7.86. The summed E-state index contributed by atoms with van der Waals surface area (Å²) in [6, 6.07) is 16.1. The molecule has 0 saturated carbocycles. The van der Waals surface area contributed by atoms with E-state index in [1.54, 1.807) is 23.0 Å². The van der Waals surface area contributed by atoms with E-state index in [2.05, 4.69) is 14.8 Å². The Morgan fingerprint density at radius 2 is 1.87 bits per heavy atom. The summed E-state index contributed by atoms with van der Waals surface area (Å²) >= 11 is 0. The van der Waals surface area contributed by atoms with E-state index >= 15 is 0 Å². The number of aryl methyl sites for hydroxylation is 1. The molecule has 154 valence electrons. The number of rotatable bonds is 4. The number of pyridine rings is 1. The molecule has 1 unspecified atom stereocenters. The van der Waals surface area contributed by atoms with E-state index in [-0.39, 0.29) is 11.2 Å². The van der Waals surface area contributed by atoms with Crippen LogP contribution in [0.15, 0.2) is 65.7 Å². The fourth-order valence-corrected chi connectivity index (χ4v) is 4.26. The molecule has 0 amide bonds. The lowest BCUT2D eigenvalue weighted by molar-refractivity contribution is 0.520. The first-order valence-corrected chi connectivity index (χ1v) is 10.8. The van der Waals surface area contributed by atoms with Gasteiger partial charge in [-0.15, -0.1) is 0 Å². The Kier molecular flexibility index (Phi) is 5.15. The van der Waals surface area contributed by atoms with Gasteiger partial charge in [0.15, 0.2) is 11.0 Å². The maximum absolute atomic E-state index is 14.6. The van der Waals surface area contributed by atoms with Gasteiger partial charge in [0.1, 0.15) is 11.6 Å². The van der Waals surface area contributed by atoms with E-state index in [4.69, 9.17) is 0 Å². The van der Waals surface area contributed by atoms with Gasteiger partial charge in [0.25, 0.3) is 0 Å². The summed E-state index contributed by atoms with van der Waals surface area (Å²) in [5.74, 6) is 0.197. The van der Waals surface area contributed by atoms with Crippen molar-refractivity contribution in [3.8, 4) is 5.69 Å². The lowest BCUT2D eigenvalue weighted by atomic mass is 9.87. The summed E-state index contributed by atoms with van der Waals surface area (Å²) in [5, 5.41) is 5.49. The third-order valence-corrected chi connectivity index (χ3v) is 5.92. The number of halogens is 1. The maximum Gasteiger partial charge on any atom is 0.151 e. The highest BCUT2D eigenvalue weighted by atomic mass is 32.2. The fourth-order valence-electron chi connectivity index (χ4n) is 3.40. The highest BCUT2D eigenvalue weighted by Crippen LogP contribution is 2.28. The largest absolute Gasteiger partial charge is 0.285 e. The van der Waals surface area contributed by atoms with E-state index < -0.39 is 11.0 Å². The summed E-state index contributed by atoms with van der Waals surface area (Å²) in [6.45, 7) is 7.70. The third kappa shape index (κ3) is 3.85. The SMILES string of the molecule is Cc1cc(NS(=O)c2ccc(C(C)(C)C)c(F)c2)n(-c2cccc3ncccc23)n1. The Balaban J connectivity index is 1.70. The van der Waals surface area contributed by atoms with Gasteiger partial charge < -0.3 is 0 Å². The molecule has 0 aliphatic rings. The van der Waals surface area contributed by atoms with E-state index in [9.17, 15) is 8.60 Å². The molecule has 0 fully saturated rings. The van der Waals surface area contributed by atoms with Crippen molar-refractivity contribution in [1.82, 2.24) is 14.8 Å². The molecular weight excluding hydrogens is 399 g/mol. The third-order valence-electron chi connectivity index (χ3n) is 4.84. The molecule has 7 heteroatoms. The number of nitrogens with one attached hydrogen (secondary N) is 1. The molecular formula is C23H23FN4OS. The van der Waals surface area contributed by atoms with Crippen molar-refractivity contribution >= 4 is 27.7 Å². The van der Waals surface area contributed by atoms with Crippen LogP contribution in [0.3, 0.4) is 0 Å². The Morgan fingerprint density at radius 3 is 2.60 bits per heavy atom. The standard InChI is InChI=1S/C23H23FN4OS/c1-15-13-22(27-30(29)16-10-11-18(19(24)14-16)23(2,3)4)28(26-15)21-9-5-8-20-17(21)7-6-12-25-20/h5-14,27H,1-4H3. The first-order valence-electron chi connectivity index (χ1n) is 9.63. The lowest BCUT2D eigenvalue weighted by Crippen LogP contribution is -2.15. The molecule has 0 aliphatic heterocycles. The van der Waals surface area contributed by atoms with E-state index in [0.29, 0.717) is 16.3 Å². The molecule has 2 aromatic carbocycles. The second kappa shape index (κ2) is 7.65. The zero-order chi connectivity index (χ0) is 21.5. The van der Waals surface area contributed by atoms with Gasteiger partial charge in [-0.2, -0.15) is 5.10 Å². The molecule has 30 heavy (non-hydrogen) atoms. The van der Waals surface area contributed by atoms with Crippen LogP contribution in [0, 0.1) is 12.7 Å². The molecule has 0 aliphatic carbocycles. The van der Waals surface area contributed by atoms with Gasteiger partial charge in [-0.25, -0.2) is 13.3 Å². The molecule has 5 nitrogen and oxygen atoms in total. The number of benzene rings is 2. The first kappa shape index (κ1) is 20.2. The predicted molar refractivity (Wildman–Crippen MR) is 119 cm³/mol. The van der Waals surface area contributed by atoms with Crippen LogP contribution in [0.25, 0.3) is 16.6 Å². The van der Waals surface area contributed by atoms with Crippen molar-refractivity contribution in [2.45, 2.75) is 38.0 Å². The van der Waals surface area contributed by atoms with Crippen LogP contribution in [0.4, 0.5) is 10.2 Å². The van der Waals surface area contributed by atoms with Gasteiger partial charge in [0.2, 0.25) is 0 Å². The maximum atomic E-state index is 14.6. The summed E-state index contributed by atoms with van der Waals surface area (Å²) in [5.41, 5.74) is 2.70. The number of hydrogen-bond acceptors (Lipinski definition) is 3.